The average Bonchev–Trinajstić information content (AvgIpc) is 2.90. The van der Waals surface area contributed by atoms with Gasteiger partial charge >= 0.3 is 0 Å². The number of aromatic nitrogens is 1. The highest BCUT2D eigenvalue weighted by Crippen LogP contribution is 2.16. The van der Waals surface area contributed by atoms with E-state index in [1.165, 1.54) is 6.07 Å². The summed E-state index contributed by atoms with van der Waals surface area (Å²) in [5.74, 6) is 0.384. The molecule has 0 bridgehead atoms. The molecule has 0 atom stereocenters. The number of oxazole rings is 1. The van der Waals surface area contributed by atoms with E-state index in [-0.39, 0.29) is 5.82 Å². The van der Waals surface area contributed by atoms with Crippen LogP contribution < -0.4 is 10.2 Å². The molecule has 1 N–H and O–H groups in total. The molecule has 0 saturated carbocycles. The molecule has 2 aromatic rings. The smallest absolute Gasteiger partial charge is 0.297 e. The Morgan fingerprint density at radius 1 is 1.33 bits per heavy atom. The Hall–Kier alpha value is -1.88. The average molecular weight is 291 g/mol. The van der Waals surface area contributed by atoms with Crippen LogP contribution in [0, 0.1) is 11.7 Å². The third-order valence-corrected chi connectivity index (χ3v) is 3.09. The Morgan fingerprint density at radius 2 is 2.10 bits per heavy atom. The van der Waals surface area contributed by atoms with E-state index < -0.39 is 0 Å². The van der Waals surface area contributed by atoms with E-state index in [9.17, 15) is 4.39 Å². The third kappa shape index (κ3) is 4.56. The van der Waals surface area contributed by atoms with E-state index in [1.807, 2.05) is 13.1 Å². The molecule has 0 fully saturated rings. The van der Waals surface area contributed by atoms with Crippen LogP contribution in [0.5, 0.6) is 0 Å². The fourth-order valence-electron chi connectivity index (χ4n) is 1.99. The Labute approximate surface area is 125 Å². The van der Waals surface area contributed by atoms with Crippen LogP contribution in [-0.4, -0.2) is 18.6 Å². The lowest BCUT2D eigenvalue weighted by molar-refractivity contribution is 0.532. The Kier molecular flexibility index (Phi) is 5.33. The first-order valence-electron chi connectivity index (χ1n) is 7.16. The van der Waals surface area contributed by atoms with Gasteiger partial charge < -0.3 is 14.6 Å². The number of hydrogen-bond acceptors (Lipinski definition) is 4. The molecule has 2 rings (SSSR count). The van der Waals surface area contributed by atoms with Crippen molar-refractivity contribution >= 4 is 6.01 Å². The van der Waals surface area contributed by atoms with Gasteiger partial charge in [0.15, 0.2) is 0 Å². The first kappa shape index (κ1) is 15.5. The van der Waals surface area contributed by atoms with Crippen molar-refractivity contribution in [2.75, 3.05) is 18.5 Å². The Bertz CT molecular complexity index is 568. The van der Waals surface area contributed by atoms with E-state index in [0.29, 0.717) is 30.6 Å². The lowest BCUT2D eigenvalue weighted by atomic mass is 10.2. The molecule has 0 spiro atoms. The molecule has 114 valence electrons. The van der Waals surface area contributed by atoms with Crippen LogP contribution in [-0.2, 0) is 13.1 Å². The van der Waals surface area contributed by atoms with Gasteiger partial charge in [0, 0.05) is 25.7 Å². The second kappa shape index (κ2) is 7.22. The van der Waals surface area contributed by atoms with Crippen LogP contribution in [0.2, 0.25) is 0 Å². The van der Waals surface area contributed by atoms with Gasteiger partial charge in [-0.15, -0.1) is 0 Å². The van der Waals surface area contributed by atoms with Crippen molar-refractivity contribution in [3.8, 4) is 0 Å². The molecule has 0 aliphatic rings. The molecule has 0 unspecified atom stereocenters. The standard InChI is InChI=1S/C16H22FN3O/c1-12(2)8-18-9-14-11-21-16(19-14)20(3)10-13-6-4-5-7-15(13)17/h4-7,11-12,18H,8-10H2,1-3H3. The molecule has 0 aliphatic heterocycles. The normalized spacial score (nSPS) is 11.1. The summed E-state index contributed by atoms with van der Waals surface area (Å²) in [5.41, 5.74) is 1.48. The number of nitrogens with one attached hydrogen (secondary N) is 1. The number of nitrogens with zero attached hydrogens (tertiary/aromatic N) is 2. The maximum Gasteiger partial charge on any atom is 0.297 e. The van der Waals surface area contributed by atoms with Gasteiger partial charge in [0.05, 0.1) is 5.69 Å². The minimum absolute atomic E-state index is 0.213. The number of hydrogen-bond donors (Lipinski definition) is 1. The lowest BCUT2D eigenvalue weighted by Crippen LogP contribution is -2.20. The van der Waals surface area contributed by atoms with Crippen LogP contribution in [0.1, 0.15) is 25.1 Å². The zero-order valence-corrected chi connectivity index (χ0v) is 12.8. The molecule has 1 heterocycles. The van der Waals surface area contributed by atoms with Crippen molar-refractivity contribution in [1.82, 2.24) is 10.3 Å². The van der Waals surface area contributed by atoms with E-state index in [0.717, 1.165) is 12.2 Å². The number of benzene rings is 1. The fraction of sp³-hybridized carbons (Fsp3) is 0.438. The molecule has 4 nitrogen and oxygen atoms in total. The van der Waals surface area contributed by atoms with Crippen molar-refractivity contribution in [2.45, 2.75) is 26.9 Å². The highest BCUT2D eigenvalue weighted by Gasteiger charge is 2.11. The largest absolute Gasteiger partial charge is 0.432 e. The predicted molar refractivity (Wildman–Crippen MR) is 81.6 cm³/mol. The highest BCUT2D eigenvalue weighted by atomic mass is 19.1. The molecule has 1 aromatic heterocycles. The summed E-state index contributed by atoms with van der Waals surface area (Å²) in [6.07, 6.45) is 1.64. The van der Waals surface area contributed by atoms with E-state index in [4.69, 9.17) is 4.42 Å². The quantitative estimate of drug-likeness (QED) is 0.850. The van der Waals surface area contributed by atoms with Gasteiger partial charge in [-0.2, -0.15) is 4.98 Å². The van der Waals surface area contributed by atoms with Gasteiger partial charge in [0.1, 0.15) is 12.1 Å². The molecular weight excluding hydrogens is 269 g/mol. The van der Waals surface area contributed by atoms with Gasteiger partial charge in [-0.25, -0.2) is 4.39 Å². The number of halogens is 1. The summed E-state index contributed by atoms with van der Waals surface area (Å²) in [4.78, 5) is 6.20. The van der Waals surface area contributed by atoms with Gasteiger partial charge in [-0.3, -0.25) is 0 Å². The second-order valence-electron chi connectivity index (χ2n) is 5.59. The lowest BCUT2D eigenvalue weighted by Gasteiger charge is -2.14. The molecule has 1 aromatic carbocycles. The maximum atomic E-state index is 13.6. The molecule has 0 aliphatic carbocycles. The summed E-state index contributed by atoms with van der Waals surface area (Å²) in [6.45, 7) is 6.35. The van der Waals surface area contributed by atoms with Crippen LogP contribution >= 0.6 is 0 Å². The van der Waals surface area contributed by atoms with Gasteiger partial charge in [-0.1, -0.05) is 32.0 Å². The first-order chi connectivity index (χ1) is 10.1. The topological polar surface area (TPSA) is 41.3 Å². The Morgan fingerprint density at radius 3 is 2.81 bits per heavy atom. The predicted octanol–water partition coefficient (Wildman–Crippen LogP) is 3.20. The summed E-state index contributed by atoms with van der Waals surface area (Å²) >= 11 is 0. The minimum Gasteiger partial charge on any atom is -0.432 e. The summed E-state index contributed by atoms with van der Waals surface area (Å²) in [5, 5.41) is 3.31. The van der Waals surface area contributed by atoms with Crippen LogP contribution in [0.3, 0.4) is 0 Å². The molecule has 21 heavy (non-hydrogen) atoms. The van der Waals surface area contributed by atoms with Crippen molar-refractivity contribution in [1.29, 1.82) is 0 Å². The molecule has 0 amide bonds. The molecular formula is C16H22FN3O. The van der Waals surface area contributed by atoms with Gasteiger partial charge in [0.25, 0.3) is 6.01 Å². The van der Waals surface area contributed by atoms with Gasteiger partial charge in [-0.05, 0) is 18.5 Å². The summed E-state index contributed by atoms with van der Waals surface area (Å²) < 4.78 is 19.1. The molecule has 0 radical (unpaired) electrons. The maximum absolute atomic E-state index is 13.6. The number of anilines is 1. The zero-order chi connectivity index (χ0) is 15.2. The van der Waals surface area contributed by atoms with Crippen LogP contribution in [0.15, 0.2) is 34.9 Å². The first-order valence-corrected chi connectivity index (χ1v) is 7.16. The van der Waals surface area contributed by atoms with Crippen LogP contribution in [0.25, 0.3) is 0 Å². The second-order valence-corrected chi connectivity index (χ2v) is 5.59. The van der Waals surface area contributed by atoms with Crippen molar-refractivity contribution in [3.63, 3.8) is 0 Å². The van der Waals surface area contributed by atoms with Gasteiger partial charge in [0.2, 0.25) is 0 Å². The summed E-state index contributed by atoms with van der Waals surface area (Å²) in [6, 6.07) is 7.23. The zero-order valence-electron chi connectivity index (χ0n) is 12.8. The minimum atomic E-state index is -0.213. The van der Waals surface area contributed by atoms with E-state index >= 15 is 0 Å². The SMILES string of the molecule is CC(C)CNCc1coc(N(C)Cc2ccccc2F)n1. The highest BCUT2D eigenvalue weighted by molar-refractivity contribution is 5.29. The van der Waals surface area contributed by atoms with E-state index in [2.05, 4.69) is 24.1 Å². The van der Waals surface area contributed by atoms with Crippen molar-refractivity contribution in [3.05, 3.63) is 47.6 Å². The summed E-state index contributed by atoms with van der Waals surface area (Å²) in [7, 11) is 1.84. The Balaban J connectivity index is 1.93. The monoisotopic (exact) mass is 291 g/mol. The molecule has 5 heteroatoms. The van der Waals surface area contributed by atoms with E-state index in [1.54, 1.807) is 23.3 Å². The third-order valence-electron chi connectivity index (χ3n) is 3.09. The fourth-order valence-corrected chi connectivity index (χ4v) is 1.99. The number of rotatable bonds is 7. The van der Waals surface area contributed by atoms with Crippen molar-refractivity contribution < 1.29 is 8.81 Å². The van der Waals surface area contributed by atoms with Crippen molar-refractivity contribution in [2.24, 2.45) is 5.92 Å². The molecule has 0 saturated heterocycles. The van der Waals surface area contributed by atoms with Crippen LogP contribution in [0.4, 0.5) is 10.4 Å².